The van der Waals surface area contributed by atoms with E-state index in [0.717, 1.165) is 37.5 Å². The number of hydrogen-bond donors (Lipinski definition) is 1. The Morgan fingerprint density at radius 2 is 1.88 bits per heavy atom. The second kappa shape index (κ2) is 7.21. The zero-order valence-electron chi connectivity index (χ0n) is 13.8. The Morgan fingerprint density at radius 3 is 2.54 bits per heavy atom. The molecule has 1 amide bonds. The average Bonchev–Trinajstić information content (AvgIpc) is 2.88. The summed E-state index contributed by atoms with van der Waals surface area (Å²) < 4.78 is 5.20. The third-order valence-corrected chi connectivity index (χ3v) is 4.23. The Morgan fingerprint density at radius 1 is 1.08 bits per heavy atom. The summed E-state index contributed by atoms with van der Waals surface area (Å²) in [4.78, 5) is 20.9. The van der Waals surface area contributed by atoms with Crippen molar-refractivity contribution < 1.29 is 9.53 Å². The van der Waals surface area contributed by atoms with Crippen LogP contribution < -0.4 is 15.4 Å². The number of methoxy groups -OCH3 is 1. The number of aromatic nitrogens is 1. The molecule has 1 aliphatic rings. The molecule has 0 bridgehead atoms. The number of rotatable bonds is 3. The molecule has 2 aromatic rings. The topological polar surface area (TPSA) is 71.7 Å². The third kappa shape index (κ3) is 3.59. The van der Waals surface area contributed by atoms with Gasteiger partial charge >= 0.3 is 0 Å². The van der Waals surface area contributed by atoms with Gasteiger partial charge in [-0.05, 0) is 42.8 Å². The van der Waals surface area contributed by atoms with Gasteiger partial charge in [-0.25, -0.2) is 4.98 Å². The van der Waals surface area contributed by atoms with Crippen LogP contribution in [-0.4, -0.2) is 49.1 Å². The van der Waals surface area contributed by atoms with Crippen LogP contribution in [0, 0.1) is 0 Å². The first kappa shape index (κ1) is 16.1. The Balaban J connectivity index is 1.65. The number of nitrogens with zero attached hydrogens (tertiary/aromatic N) is 3. The van der Waals surface area contributed by atoms with Crippen molar-refractivity contribution in [2.75, 3.05) is 43.9 Å². The van der Waals surface area contributed by atoms with Gasteiger partial charge in [0.1, 0.15) is 11.4 Å². The lowest BCUT2D eigenvalue weighted by Crippen LogP contribution is -2.35. The maximum Gasteiger partial charge on any atom is 0.272 e. The van der Waals surface area contributed by atoms with E-state index in [2.05, 4.69) is 22.0 Å². The SMILES string of the molecule is COc1ccc(N2CCCN(C(=O)c3ccc(N)cn3)CC2)cc1. The standard InChI is InChI=1S/C18H22N4O2/c1-24-16-6-4-15(5-7-16)21-9-2-10-22(12-11-21)18(23)17-8-3-14(19)13-20-17/h3-8,13H,2,9-12,19H2,1H3. The van der Waals surface area contributed by atoms with E-state index in [4.69, 9.17) is 10.5 Å². The Hall–Kier alpha value is -2.76. The van der Waals surface area contributed by atoms with Crippen molar-refractivity contribution >= 4 is 17.3 Å². The highest BCUT2D eigenvalue weighted by atomic mass is 16.5. The Bertz CT molecular complexity index is 685. The van der Waals surface area contributed by atoms with Crippen molar-refractivity contribution in [2.45, 2.75) is 6.42 Å². The largest absolute Gasteiger partial charge is 0.497 e. The fourth-order valence-corrected chi connectivity index (χ4v) is 2.87. The lowest BCUT2D eigenvalue weighted by Gasteiger charge is -2.23. The molecule has 6 heteroatoms. The van der Waals surface area contributed by atoms with Gasteiger partial charge < -0.3 is 20.3 Å². The second-order valence-electron chi connectivity index (χ2n) is 5.81. The normalized spacial score (nSPS) is 15.0. The van der Waals surface area contributed by atoms with E-state index in [-0.39, 0.29) is 5.91 Å². The number of ether oxygens (including phenoxy) is 1. The molecule has 1 saturated heterocycles. The van der Waals surface area contributed by atoms with Crippen LogP contribution in [0.15, 0.2) is 42.6 Å². The number of pyridine rings is 1. The van der Waals surface area contributed by atoms with E-state index in [1.54, 1.807) is 19.2 Å². The molecular weight excluding hydrogens is 304 g/mol. The first-order chi connectivity index (χ1) is 11.7. The summed E-state index contributed by atoms with van der Waals surface area (Å²) in [6, 6.07) is 11.4. The minimum absolute atomic E-state index is 0.0356. The van der Waals surface area contributed by atoms with Crippen molar-refractivity contribution in [3.8, 4) is 5.75 Å². The van der Waals surface area contributed by atoms with Gasteiger partial charge in [0.2, 0.25) is 0 Å². The highest BCUT2D eigenvalue weighted by Crippen LogP contribution is 2.21. The summed E-state index contributed by atoms with van der Waals surface area (Å²) in [7, 11) is 1.66. The smallest absolute Gasteiger partial charge is 0.272 e. The summed E-state index contributed by atoms with van der Waals surface area (Å²) in [5.74, 6) is 0.811. The molecule has 0 aliphatic carbocycles. The molecule has 6 nitrogen and oxygen atoms in total. The zero-order valence-corrected chi connectivity index (χ0v) is 13.8. The van der Waals surface area contributed by atoms with Crippen LogP contribution in [0.5, 0.6) is 5.75 Å². The van der Waals surface area contributed by atoms with Crippen LogP contribution in [-0.2, 0) is 0 Å². The lowest BCUT2D eigenvalue weighted by atomic mass is 10.2. The Kier molecular flexibility index (Phi) is 4.84. The van der Waals surface area contributed by atoms with Crippen LogP contribution in [0.4, 0.5) is 11.4 Å². The van der Waals surface area contributed by atoms with Gasteiger partial charge in [-0.1, -0.05) is 0 Å². The predicted molar refractivity (Wildman–Crippen MR) is 94.4 cm³/mol. The third-order valence-electron chi connectivity index (χ3n) is 4.23. The summed E-state index contributed by atoms with van der Waals surface area (Å²) in [5, 5.41) is 0. The highest BCUT2D eigenvalue weighted by molar-refractivity contribution is 5.92. The second-order valence-corrected chi connectivity index (χ2v) is 5.81. The zero-order chi connectivity index (χ0) is 16.9. The molecule has 1 aromatic carbocycles. The van der Waals surface area contributed by atoms with Gasteiger partial charge in [-0.15, -0.1) is 0 Å². The molecule has 1 aromatic heterocycles. The number of carbonyl (C=O) groups is 1. The Labute approximate surface area is 141 Å². The van der Waals surface area contributed by atoms with Crippen molar-refractivity contribution in [1.29, 1.82) is 0 Å². The number of nitrogen functional groups attached to an aromatic ring is 1. The fraction of sp³-hybridized carbons (Fsp3) is 0.333. The molecule has 0 saturated carbocycles. The van der Waals surface area contributed by atoms with Crippen LogP contribution in [0.2, 0.25) is 0 Å². The van der Waals surface area contributed by atoms with E-state index in [0.29, 0.717) is 17.9 Å². The van der Waals surface area contributed by atoms with Gasteiger partial charge in [0, 0.05) is 31.9 Å². The number of carbonyl (C=O) groups excluding carboxylic acids is 1. The predicted octanol–water partition coefficient (Wildman–Crippen LogP) is 2.02. The van der Waals surface area contributed by atoms with E-state index in [1.807, 2.05) is 17.0 Å². The van der Waals surface area contributed by atoms with Crippen LogP contribution in [0.3, 0.4) is 0 Å². The van der Waals surface area contributed by atoms with E-state index in [9.17, 15) is 4.79 Å². The molecule has 0 spiro atoms. The number of anilines is 2. The average molecular weight is 326 g/mol. The highest BCUT2D eigenvalue weighted by Gasteiger charge is 2.21. The monoisotopic (exact) mass is 326 g/mol. The molecule has 0 unspecified atom stereocenters. The van der Waals surface area contributed by atoms with Crippen molar-refractivity contribution in [1.82, 2.24) is 9.88 Å². The minimum atomic E-state index is -0.0356. The number of nitrogens with two attached hydrogens (primary N) is 1. The van der Waals surface area contributed by atoms with Gasteiger partial charge in [-0.3, -0.25) is 4.79 Å². The maximum atomic E-state index is 12.6. The van der Waals surface area contributed by atoms with Crippen LogP contribution in [0.25, 0.3) is 0 Å². The lowest BCUT2D eigenvalue weighted by molar-refractivity contribution is 0.0761. The minimum Gasteiger partial charge on any atom is -0.497 e. The van der Waals surface area contributed by atoms with Crippen LogP contribution >= 0.6 is 0 Å². The first-order valence-corrected chi connectivity index (χ1v) is 8.07. The van der Waals surface area contributed by atoms with Crippen molar-refractivity contribution in [3.05, 3.63) is 48.3 Å². The first-order valence-electron chi connectivity index (χ1n) is 8.07. The van der Waals surface area contributed by atoms with Gasteiger partial charge in [0.25, 0.3) is 5.91 Å². The molecule has 1 fully saturated rings. The number of amides is 1. The molecule has 3 rings (SSSR count). The molecular formula is C18H22N4O2. The molecule has 1 aliphatic heterocycles. The van der Waals surface area contributed by atoms with Crippen molar-refractivity contribution in [2.24, 2.45) is 0 Å². The summed E-state index contributed by atoms with van der Waals surface area (Å²) in [6.45, 7) is 3.13. The van der Waals surface area contributed by atoms with Gasteiger partial charge in [0.05, 0.1) is 19.0 Å². The van der Waals surface area contributed by atoms with Crippen LogP contribution in [0.1, 0.15) is 16.9 Å². The fourth-order valence-electron chi connectivity index (χ4n) is 2.87. The molecule has 0 atom stereocenters. The van der Waals surface area contributed by atoms with E-state index in [1.165, 1.54) is 6.20 Å². The maximum absolute atomic E-state index is 12.6. The summed E-state index contributed by atoms with van der Waals surface area (Å²) in [5.41, 5.74) is 7.79. The molecule has 126 valence electrons. The van der Waals surface area contributed by atoms with Crippen molar-refractivity contribution in [3.63, 3.8) is 0 Å². The quantitative estimate of drug-likeness (QED) is 0.934. The summed E-state index contributed by atoms with van der Waals surface area (Å²) in [6.07, 6.45) is 2.45. The molecule has 2 heterocycles. The van der Waals surface area contributed by atoms with Gasteiger partial charge in [0.15, 0.2) is 0 Å². The number of hydrogen-bond acceptors (Lipinski definition) is 5. The molecule has 24 heavy (non-hydrogen) atoms. The van der Waals surface area contributed by atoms with E-state index >= 15 is 0 Å². The number of benzene rings is 1. The summed E-state index contributed by atoms with van der Waals surface area (Å²) >= 11 is 0. The molecule has 2 N–H and O–H groups in total. The van der Waals surface area contributed by atoms with Gasteiger partial charge in [-0.2, -0.15) is 0 Å². The molecule has 0 radical (unpaired) electrons. The van der Waals surface area contributed by atoms with E-state index < -0.39 is 0 Å².